The lowest BCUT2D eigenvalue weighted by molar-refractivity contribution is -0.122. The molecule has 6 nitrogen and oxygen atoms in total. The van der Waals surface area contributed by atoms with Gasteiger partial charge in [0, 0.05) is 11.9 Å². The number of nitrogens with one attached hydrogen (secondary N) is 1. The van der Waals surface area contributed by atoms with Crippen LogP contribution in [0.15, 0.2) is 96.5 Å². The molecule has 4 aromatic rings. The van der Waals surface area contributed by atoms with Crippen LogP contribution in [0.1, 0.15) is 42.8 Å². The fraction of sp³-hybridized carbons (Fsp3) is 0.156. The zero-order valence-corrected chi connectivity index (χ0v) is 21.9. The van der Waals surface area contributed by atoms with Crippen LogP contribution in [0, 0.1) is 5.92 Å². The first-order chi connectivity index (χ1) is 19.1. The summed E-state index contributed by atoms with van der Waals surface area (Å²) in [6, 6.07) is 24.5. The van der Waals surface area contributed by atoms with Crippen molar-refractivity contribution in [3.8, 4) is 5.75 Å². The van der Waals surface area contributed by atoms with Crippen LogP contribution in [-0.4, -0.2) is 35.5 Å². The highest BCUT2D eigenvalue weighted by Gasteiger charge is 2.71. The summed E-state index contributed by atoms with van der Waals surface area (Å²) in [5, 5.41) is 4.92. The van der Waals surface area contributed by atoms with Gasteiger partial charge in [0.25, 0.3) is 0 Å². The molecule has 3 aliphatic rings. The van der Waals surface area contributed by atoms with Crippen LogP contribution >= 0.6 is 11.3 Å². The molecule has 39 heavy (non-hydrogen) atoms. The van der Waals surface area contributed by atoms with Crippen LogP contribution in [0.2, 0.25) is 0 Å². The molecule has 4 atom stereocenters. The van der Waals surface area contributed by atoms with Crippen LogP contribution in [-0.2, 0) is 10.2 Å². The summed E-state index contributed by atoms with van der Waals surface area (Å²) in [6.07, 6.45) is 3.83. The van der Waals surface area contributed by atoms with E-state index < -0.39 is 23.4 Å². The van der Waals surface area contributed by atoms with Crippen molar-refractivity contribution in [3.05, 3.63) is 124 Å². The van der Waals surface area contributed by atoms with Gasteiger partial charge in [-0.3, -0.25) is 14.4 Å². The minimum absolute atomic E-state index is 0.217. The highest BCUT2D eigenvalue weighted by Crippen LogP contribution is 2.62. The number of ketones is 2. The van der Waals surface area contributed by atoms with E-state index >= 15 is 0 Å². The predicted molar refractivity (Wildman–Crippen MR) is 150 cm³/mol. The molecule has 1 fully saturated rings. The molecule has 192 valence electrons. The van der Waals surface area contributed by atoms with Gasteiger partial charge in [-0.05, 0) is 52.4 Å². The number of fused-ring (bicyclic) bond motifs is 6. The number of anilines is 1. The van der Waals surface area contributed by atoms with Gasteiger partial charge >= 0.3 is 0 Å². The monoisotopic (exact) mass is 532 g/mol. The lowest BCUT2D eigenvalue weighted by Crippen LogP contribution is -2.49. The van der Waals surface area contributed by atoms with Crippen molar-refractivity contribution in [2.24, 2.45) is 5.92 Å². The van der Waals surface area contributed by atoms with Crippen LogP contribution in [0.5, 0.6) is 5.75 Å². The number of amides is 1. The predicted octanol–water partition coefficient (Wildman–Crippen LogP) is 5.74. The molecule has 7 rings (SSSR count). The fourth-order valence-corrected chi connectivity index (χ4v) is 7.45. The molecular formula is C32H24N2O4S. The molecule has 4 unspecified atom stereocenters. The SMILES string of the molecule is COc1ccccc1C(=O)C1C(C(=O)c2cccs2)C2(C(=O)Nc3ccccc32)C2c3ccccc3C=CN12. The average Bonchev–Trinajstić information content (AvgIpc) is 3.69. The Hall–Kier alpha value is -4.49. The summed E-state index contributed by atoms with van der Waals surface area (Å²) in [6.45, 7) is 0. The number of Topliss-reactive ketones (excluding diaryl/α,β-unsaturated/α-hetero) is 2. The number of benzene rings is 3. The zero-order chi connectivity index (χ0) is 26.7. The Kier molecular flexibility index (Phi) is 5.32. The second kappa shape index (κ2) is 8.78. The quantitative estimate of drug-likeness (QED) is 0.332. The topological polar surface area (TPSA) is 75.7 Å². The van der Waals surface area contributed by atoms with E-state index in [4.69, 9.17) is 4.74 Å². The van der Waals surface area contributed by atoms with Crippen molar-refractivity contribution < 1.29 is 19.1 Å². The van der Waals surface area contributed by atoms with E-state index in [2.05, 4.69) is 5.32 Å². The Bertz CT molecular complexity index is 1680. The molecule has 0 aliphatic carbocycles. The second-order valence-electron chi connectivity index (χ2n) is 9.99. The standard InChI is InChI=1S/C32H24N2O4S/c1-38-24-14-7-4-11-21(24)28(35)27-26(29(36)25-15-8-18-39-25)32(22-12-5-6-13-23(22)33-31(32)37)30-20-10-3-2-9-19(20)16-17-34(27)30/h2-18,26-27,30H,1H3,(H,33,37). The number of ether oxygens (including phenoxy) is 1. The van der Waals surface area contributed by atoms with Crippen molar-refractivity contribution in [1.29, 1.82) is 0 Å². The van der Waals surface area contributed by atoms with Crippen LogP contribution in [0.4, 0.5) is 5.69 Å². The molecule has 7 heteroatoms. The summed E-state index contributed by atoms with van der Waals surface area (Å²) in [5.41, 5.74) is 2.32. The first-order valence-corrected chi connectivity index (χ1v) is 13.7. The highest BCUT2D eigenvalue weighted by molar-refractivity contribution is 7.12. The third kappa shape index (κ3) is 3.17. The third-order valence-electron chi connectivity index (χ3n) is 8.26. The van der Waals surface area contributed by atoms with E-state index in [1.165, 1.54) is 18.4 Å². The van der Waals surface area contributed by atoms with Gasteiger partial charge in [-0.1, -0.05) is 60.7 Å². The molecule has 3 aliphatic heterocycles. The van der Waals surface area contributed by atoms with Crippen LogP contribution < -0.4 is 10.1 Å². The van der Waals surface area contributed by atoms with E-state index in [1.807, 2.05) is 77.2 Å². The minimum Gasteiger partial charge on any atom is -0.496 e. The number of methoxy groups -OCH3 is 1. The largest absolute Gasteiger partial charge is 0.496 e. The van der Waals surface area contributed by atoms with Crippen LogP contribution in [0.25, 0.3) is 6.08 Å². The first kappa shape index (κ1) is 23.6. The maximum Gasteiger partial charge on any atom is 0.238 e. The number of hydrogen-bond donors (Lipinski definition) is 1. The van der Waals surface area contributed by atoms with E-state index in [0.717, 1.165) is 16.7 Å². The van der Waals surface area contributed by atoms with Gasteiger partial charge in [0.15, 0.2) is 11.6 Å². The molecule has 0 saturated carbocycles. The zero-order valence-electron chi connectivity index (χ0n) is 21.0. The highest BCUT2D eigenvalue weighted by atomic mass is 32.1. The molecule has 1 spiro atoms. The molecule has 4 heterocycles. The van der Waals surface area contributed by atoms with Crippen molar-refractivity contribution in [3.63, 3.8) is 0 Å². The van der Waals surface area contributed by atoms with E-state index in [-0.39, 0.29) is 17.5 Å². The van der Waals surface area contributed by atoms with Gasteiger partial charge in [-0.15, -0.1) is 11.3 Å². The molecule has 0 radical (unpaired) electrons. The summed E-state index contributed by atoms with van der Waals surface area (Å²) >= 11 is 1.32. The Morgan fingerprint density at radius 2 is 1.69 bits per heavy atom. The molecule has 1 N–H and O–H groups in total. The summed E-state index contributed by atoms with van der Waals surface area (Å²) in [4.78, 5) is 46.0. The summed E-state index contributed by atoms with van der Waals surface area (Å²) < 4.78 is 5.56. The van der Waals surface area contributed by atoms with E-state index in [0.29, 0.717) is 21.9 Å². The van der Waals surface area contributed by atoms with Gasteiger partial charge < -0.3 is 15.0 Å². The van der Waals surface area contributed by atoms with E-state index in [9.17, 15) is 14.4 Å². The fourth-order valence-electron chi connectivity index (χ4n) is 6.75. The molecule has 1 amide bonds. The number of carbonyl (C=O) groups excluding carboxylic acids is 3. The Balaban J connectivity index is 1.55. The molecule has 1 aromatic heterocycles. The molecular weight excluding hydrogens is 508 g/mol. The molecule has 0 bridgehead atoms. The van der Waals surface area contributed by atoms with Crippen LogP contribution in [0.3, 0.4) is 0 Å². The third-order valence-corrected chi connectivity index (χ3v) is 9.14. The number of thiophene rings is 1. The van der Waals surface area contributed by atoms with Gasteiger partial charge in [-0.2, -0.15) is 0 Å². The summed E-state index contributed by atoms with van der Waals surface area (Å²) in [5.74, 6) is -1.30. The minimum atomic E-state index is -1.33. The van der Waals surface area contributed by atoms with Gasteiger partial charge in [-0.25, -0.2) is 0 Å². The van der Waals surface area contributed by atoms with Gasteiger partial charge in [0.05, 0.1) is 29.5 Å². The number of hydrogen-bond acceptors (Lipinski definition) is 6. The van der Waals surface area contributed by atoms with Crippen molar-refractivity contribution in [1.82, 2.24) is 4.90 Å². The maximum atomic E-state index is 14.6. The van der Waals surface area contributed by atoms with Crippen molar-refractivity contribution in [2.45, 2.75) is 17.5 Å². The summed E-state index contributed by atoms with van der Waals surface area (Å²) in [7, 11) is 1.52. The second-order valence-corrected chi connectivity index (χ2v) is 10.9. The first-order valence-electron chi connectivity index (χ1n) is 12.8. The molecule has 1 saturated heterocycles. The average molecular weight is 533 g/mol. The van der Waals surface area contributed by atoms with Crippen molar-refractivity contribution >= 4 is 40.6 Å². The Morgan fingerprint density at radius 3 is 2.51 bits per heavy atom. The number of carbonyl (C=O) groups is 3. The maximum absolute atomic E-state index is 14.6. The molecule has 3 aromatic carbocycles. The van der Waals surface area contributed by atoms with Gasteiger partial charge in [0.1, 0.15) is 17.2 Å². The van der Waals surface area contributed by atoms with Crippen molar-refractivity contribution in [2.75, 3.05) is 12.4 Å². The Labute approximate surface area is 229 Å². The lowest BCUT2D eigenvalue weighted by atomic mass is 9.63. The number of rotatable bonds is 5. The Morgan fingerprint density at radius 1 is 0.923 bits per heavy atom. The number of nitrogens with zero attached hydrogens (tertiary/aromatic N) is 1. The van der Waals surface area contributed by atoms with E-state index in [1.54, 1.807) is 30.3 Å². The smallest absolute Gasteiger partial charge is 0.238 e. The van der Waals surface area contributed by atoms with Gasteiger partial charge in [0.2, 0.25) is 5.91 Å². The normalized spacial score (nSPS) is 24.2. The lowest BCUT2D eigenvalue weighted by Gasteiger charge is -2.38. The number of para-hydroxylation sites is 2.